The minimum absolute atomic E-state index is 0.163. The van der Waals surface area contributed by atoms with Crippen molar-refractivity contribution in [3.8, 4) is 0 Å². The summed E-state index contributed by atoms with van der Waals surface area (Å²) in [7, 11) is 0. The Kier molecular flexibility index (Phi) is 3.43. The molecule has 2 fully saturated rings. The van der Waals surface area contributed by atoms with E-state index in [0.717, 1.165) is 9.80 Å². The molecule has 0 aromatic carbocycles. The van der Waals surface area contributed by atoms with Gasteiger partial charge in [-0.1, -0.05) is 13.8 Å². The summed E-state index contributed by atoms with van der Waals surface area (Å²) in [5.74, 6) is -1.16. The molecule has 2 heterocycles. The van der Waals surface area contributed by atoms with Crippen molar-refractivity contribution in [2.75, 3.05) is 0 Å². The number of carbonyl (C=O) groups excluding carboxylic acids is 4. The zero-order chi connectivity index (χ0) is 14.2. The summed E-state index contributed by atoms with van der Waals surface area (Å²) in [6.45, 7) is 3.59. The predicted molar refractivity (Wildman–Crippen MR) is 65.5 cm³/mol. The van der Waals surface area contributed by atoms with Gasteiger partial charge in [0, 0.05) is 25.7 Å². The molecule has 104 valence electrons. The summed E-state index contributed by atoms with van der Waals surface area (Å²) in [5, 5.41) is 0. The van der Waals surface area contributed by atoms with Gasteiger partial charge in [0.1, 0.15) is 5.66 Å². The van der Waals surface area contributed by atoms with Crippen LogP contribution in [0, 0.1) is 0 Å². The van der Waals surface area contributed by atoms with E-state index in [2.05, 4.69) is 0 Å². The van der Waals surface area contributed by atoms with Crippen LogP contribution >= 0.6 is 0 Å². The molecule has 0 saturated carbocycles. The lowest BCUT2D eigenvalue weighted by Crippen LogP contribution is -2.63. The monoisotopic (exact) mass is 266 g/mol. The van der Waals surface area contributed by atoms with Crippen LogP contribution in [0.3, 0.4) is 0 Å². The Morgan fingerprint density at radius 1 is 0.737 bits per heavy atom. The van der Waals surface area contributed by atoms with Crippen molar-refractivity contribution in [3.05, 3.63) is 0 Å². The second-order valence-corrected chi connectivity index (χ2v) is 4.94. The first-order valence-electron chi connectivity index (χ1n) is 6.69. The number of rotatable bonds is 4. The maximum absolute atomic E-state index is 12.0. The van der Waals surface area contributed by atoms with E-state index in [-0.39, 0.29) is 49.3 Å². The Labute approximate surface area is 111 Å². The standard InChI is InChI=1S/C13H18N2O4/c1-3-13(4-2,14-9(16)5-6-10(14)17)15-11(18)7-8-12(15)19/h3-8H2,1-2H3. The van der Waals surface area contributed by atoms with Crippen LogP contribution in [0.1, 0.15) is 52.4 Å². The molecule has 0 unspecified atom stereocenters. The Hall–Kier alpha value is -1.72. The van der Waals surface area contributed by atoms with Gasteiger partial charge >= 0.3 is 0 Å². The van der Waals surface area contributed by atoms with Gasteiger partial charge in [0.05, 0.1) is 0 Å². The molecule has 0 atom stereocenters. The topological polar surface area (TPSA) is 74.8 Å². The molecule has 2 rings (SSSR count). The molecule has 6 nitrogen and oxygen atoms in total. The number of imide groups is 2. The fourth-order valence-corrected chi connectivity index (χ4v) is 3.06. The van der Waals surface area contributed by atoms with Gasteiger partial charge in [0.2, 0.25) is 23.6 Å². The Morgan fingerprint density at radius 2 is 1.00 bits per heavy atom. The second kappa shape index (κ2) is 4.75. The molecule has 4 amide bonds. The van der Waals surface area contributed by atoms with E-state index in [1.807, 2.05) is 0 Å². The lowest BCUT2D eigenvalue weighted by Gasteiger charge is -2.44. The smallest absolute Gasteiger partial charge is 0.231 e. The molecule has 0 spiro atoms. The van der Waals surface area contributed by atoms with E-state index < -0.39 is 5.66 Å². The van der Waals surface area contributed by atoms with Crippen molar-refractivity contribution in [2.24, 2.45) is 0 Å². The highest BCUT2D eigenvalue weighted by atomic mass is 16.2. The molecule has 6 heteroatoms. The first-order chi connectivity index (χ1) is 8.97. The fourth-order valence-electron chi connectivity index (χ4n) is 3.06. The second-order valence-electron chi connectivity index (χ2n) is 4.94. The van der Waals surface area contributed by atoms with Crippen LogP contribution in [0.2, 0.25) is 0 Å². The van der Waals surface area contributed by atoms with E-state index in [1.165, 1.54) is 0 Å². The third kappa shape index (κ3) is 1.86. The quantitative estimate of drug-likeness (QED) is 0.705. The van der Waals surface area contributed by atoms with Gasteiger partial charge in [-0.05, 0) is 12.8 Å². The third-order valence-electron chi connectivity index (χ3n) is 4.07. The average Bonchev–Trinajstić information content (AvgIpc) is 2.90. The van der Waals surface area contributed by atoms with Crippen molar-refractivity contribution in [1.82, 2.24) is 9.80 Å². The Bertz CT molecular complexity index is 384. The molecule has 2 saturated heterocycles. The summed E-state index contributed by atoms with van der Waals surface area (Å²) in [5.41, 5.74) is -1.10. The summed E-state index contributed by atoms with van der Waals surface area (Å²) in [6.07, 6.45) is 1.40. The SMILES string of the molecule is CCC(CC)(N1C(=O)CCC1=O)N1C(=O)CCC1=O. The molecule has 0 aromatic heterocycles. The number of nitrogens with zero attached hydrogens (tertiary/aromatic N) is 2. The molecule has 0 radical (unpaired) electrons. The normalized spacial score (nSPS) is 20.9. The molecule has 0 aromatic rings. The number of amides is 4. The van der Waals surface area contributed by atoms with Gasteiger partial charge in [-0.25, -0.2) is 0 Å². The first kappa shape index (κ1) is 13.7. The number of carbonyl (C=O) groups is 4. The van der Waals surface area contributed by atoms with Gasteiger partial charge in [0.25, 0.3) is 0 Å². The van der Waals surface area contributed by atoms with Gasteiger partial charge in [-0.3, -0.25) is 29.0 Å². The van der Waals surface area contributed by atoms with E-state index >= 15 is 0 Å². The van der Waals surface area contributed by atoms with Crippen LogP contribution in [-0.2, 0) is 19.2 Å². The van der Waals surface area contributed by atoms with Gasteiger partial charge in [-0.15, -0.1) is 0 Å². The van der Waals surface area contributed by atoms with E-state index in [0.29, 0.717) is 12.8 Å². The van der Waals surface area contributed by atoms with Crippen molar-refractivity contribution in [3.63, 3.8) is 0 Å². The van der Waals surface area contributed by atoms with E-state index in [4.69, 9.17) is 0 Å². The fraction of sp³-hybridized carbons (Fsp3) is 0.692. The number of likely N-dealkylation sites (tertiary alicyclic amines) is 2. The van der Waals surface area contributed by atoms with Gasteiger partial charge in [-0.2, -0.15) is 0 Å². The molecule has 0 bridgehead atoms. The summed E-state index contributed by atoms with van der Waals surface area (Å²) >= 11 is 0. The maximum Gasteiger partial charge on any atom is 0.231 e. The van der Waals surface area contributed by atoms with E-state index in [9.17, 15) is 19.2 Å². The molecule has 19 heavy (non-hydrogen) atoms. The zero-order valence-corrected chi connectivity index (χ0v) is 11.3. The molecule has 0 aliphatic carbocycles. The summed E-state index contributed by atoms with van der Waals surface area (Å²) in [4.78, 5) is 50.2. The van der Waals surface area contributed by atoms with Crippen molar-refractivity contribution >= 4 is 23.6 Å². The lowest BCUT2D eigenvalue weighted by molar-refractivity contribution is -0.166. The summed E-state index contributed by atoms with van der Waals surface area (Å²) < 4.78 is 0. The van der Waals surface area contributed by atoms with Crippen LogP contribution in [0.5, 0.6) is 0 Å². The minimum Gasteiger partial charge on any atom is -0.274 e. The summed E-state index contributed by atoms with van der Waals surface area (Å²) in [6, 6.07) is 0. The molecule has 2 aliphatic rings. The predicted octanol–water partition coefficient (Wildman–Crippen LogP) is 0.801. The largest absolute Gasteiger partial charge is 0.274 e. The van der Waals surface area contributed by atoms with Crippen LogP contribution in [0.25, 0.3) is 0 Å². The molecular formula is C13H18N2O4. The van der Waals surface area contributed by atoms with E-state index in [1.54, 1.807) is 13.8 Å². The molecule has 0 N–H and O–H groups in total. The van der Waals surface area contributed by atoms with Gasteiger partial charge in [0.15, 0.2) is 0 Å². The Morgan fingerprint density at radius 3 is 1.21 bits per heavy atom. The van der Waals surface area contributed by atoms with Crippen LogP contribution in [-0.4, -0.2) is 39.1 Å². The number of hydrogen-bond acceptors (Lipinski definition) is 4. The van der Waals surface area contributed by atoms with Crippen LogP contribution in [0.4, 0.5) is 0 Å². The highest BCUT2D eigenvalue weighted by Gasteiger charge is 2.53. The van der Waals surface area contributed by atoms with Crippen molar-refractivity contribution in [1.29, 1.82) is 0 Å². The average molecular weight is 266 g/mol. The molecule has 2 aliphatic heterocycles. The molecular weight excluding hydrogens is 248 g/mol. The van der Waals surface area contributed by atoms with Crippen LogP contribution < -0.4 is 0 Å². The highest BCUT2D eigenvalue weighted by Crippen LogP contribution is 2.36. The highest BCUT2D eigenvalue weighted by molar-refractivity contribution is 6.06. The third-order valence-corrected chi connectivity index (χ3v) is 4.07. The van der Waals surface area contributed by atoms with Crippen molar-refractivity contribution in [2.45, 2.75) is 58.0 Å². The first-order valence-corrected chi connectivity index (χ1v) is 6.69. The zero-order valence-electron chi connectivity index (χ0n) is 11.3. The van der Waals surface area contributed by atoms with Gasteiger partial charge < -0.3 is 0 Å². The number of hydrogen-bond donors (Lipinski definition) is 0. The Balaban J connectivity index is 2.48. The maximum atomic E-state index is 12.0. The van der Waals surface area contributed by atoms with Crippen LogP contribution in [0.15, 0.2) is 0 Å². The van der Waals surface area contributed by atoms with Crippen molar-refractivity contribution < 1.29 is 19.2 Å². The lowest BCUT2D eigenvalue weighted by atomic mass is 9.99. The minimum atomic E-state index is -1.10.